The molecular formula is C19H32O4. The quantitative estimate of drug-likeness (QED) is 0.656. The highest BCUT2D eigenvalue weighted by Gasteiger charge is 2.61. The van der Waals surface area contributed by atoms with Crippen LogP contribution in [0.5, 0.6) is 0 Å². The van der Waals surface area contributed by atoms with Crippen LogP contribution in [0.25, 0.3) is 0 Å². The molecular weight excluding hydrogens is 292 g/mol. The molecule has 0 atom stereocenters. The number of hydrogen-bond donors (Lipinski definition) is 2. The molecule has 2 rings (SSSR count). The zero-order chi connectivity index (χ0) is 16.9. The summed E-state index contributed by atoms with van der Waals surface area (Å²) in [5.74, 6) is -1.15. The van der Waals surface area contributed by atoms with Crippen molar-refractivity contribution in [1.82, 2.24) is 0 Å². The smallest absolute Gasteiger partial charge is 0.310 e. The van der Waals surface area contributed by atoms with Gasteiger partial charge in [-0.1, -0.05) is 51.9 Å². The average Bonchev–Trinajstić information content (AvgIpc) is 2.56. The molecule has 2 aliphatic carbocycles. The molecule has 0 saturated heterocycles. The number of unbranched alkanes of at least 4 members (excludes halogenated alkanes) is 2. The molecule has 23 heavy (non-hydrogen) atoms. The summed E-state index contributed by atoms with van der Waals surface area (Å²) in [5, 5.41) is 19.9. The van der Waals surface area contributed by atoms with Crippen LogP contribution in [-0.2, 0) is 9.59 Å². The van der Waals surface area contributed by atoms with Crippen molar-refractivity contribution in [2.45, 2.75) is 90.4 Å². The highest BCUT2D eigenvalue weighted by Crippen LogP contribution is 2.58. The average molecular weight is 324 g/mol. The summed E-state index contributed by atoms with van der Waals surface area (Å²) in [6.07, 6.45) is 11.5. The molecule has 2 N–H and O–H groups in total. The van der Waals surface area contributed by atoms with Crippen LogP contribution in [0.3, 0.4) is 0 Å². The lowest BCUT2D eigenvalue weighted by molar-refractivity contribution is -0.183. The maximum atomic E-state index is 12.2. The fourth-order valence-corrected chi connectivity index (χ4v) is 5.09. The van der Waals surface area contributed by atoms with Crippen molar-refractivity contribution in [1.29, 1.82) is 0 Å². The van der Waals surface area contributed by atoms with Crippen molar-refractivity contribution in [3.8, 4) is 0 Å². The summed E-state index contributed by atoms with van der Waals surface area (Å²) in [5.41, 5.74) is -2.08. The maximum absolute atomic E-state index is 12.2. The van der Waals surface area contributed by atoms with E-state index >= 15 is 0 Å². The van der Waals surface area contributed by atoms with Crippen LogP contribution in [0, 0.1) is 16.7 Å². The van der Waals surface area contributed by atoms with Crippen LogP contribution < -0.4 is 0 Å². The van der Waals surface area contributed by atoms with Gasteiger partial charge >= 0.3 is 11.9 Å². The normalized spacial score (nSPS) is 30.7. The molecule has 2 saturated carbocycles. The van der Waals surface area contributed by atoms with E-state index in [0.717, 1.165) is 32.1 Å². The second kappa shape index (κ2) is 7.67. The molecule has 4 heteroatoms. The Kier molecular flexibility index (Phi) is 6.10. The van der Waals surface area contributed by atoms with E-state index in [1.807, 2.05) is 0 Å². The third-order valence-corrected chi connectivity index (χ3v) is 6.62. The standard InChI is InChI=1S/C19H32O4/c1-2-3-5-8-15-9-13-19(14-10-15,17(22)23)18(16(20)21)11-6-4-7-12-18/h15H,2-14H2,1H3,(H,20,21)(H,22,23). The number of rotatable bonds is 7. The minimum Gasteiger partial charge on any atom is -0.481 e. The molecule has 0 unspecified atom stereocenters. The fraction of sp³-hybridized carbons (Fsp3) is 0.895. The first-order chi connectivity index (χ1) is 11.0. The minimum atomic E-state index is -1.04. The van der Waals surface area contributed by atoms with Gasteiger partial charge < -0.3 is 10.2 Å². The minimum absolute atomic E-state index is 0.537. The molecule has 0 bridgehead atoms. The Balaban J connectivity index is 2.14. The summed E-state index contributed by atoms with van der Waals surface area (Å²) in [7, 11) is 0. The molecule has 4 nitrogen and oxygen atoms in total. The van der Waals surface area contributed by atoms with E-state index in [1.165, 1.54) is 25.7 Å². The number of carbonyl (C=O) groups is 2. The Morgan fingerprint density at radius 2 is 1.39 bits per heavy atom. The maximum Gasteiger partial charge on any atom is 0.310 e. The van der Waals surface area contributed by atoms with Gasteiger partial charge in [0.25, 0.3) is 0 Å². The van der Waals surface area contributed by atoms with Gasteiger partial charge in [-0.15, -0.1) is 0 Å². The molecule has 0 aromatic rings. The molecule has 0 heterocycles. The predicted octanol–water partition coefficient (Wildman–Crippen LogP) is 4.86. The van der Waals surface area contributed by atoms with Gasteiger partial charge in [0.05, 0.1) is 10.8 Å². The van der Waals surface area contributed by atoms with Crippen molar-refractivity contribution in [2.75, 3.05) is 0 Å². The molecule has 0 spiro atoms. The monoisotopic (exact) mass is 324 g/mol. The van der Waals surface area contributed by atoms with Crippen molar-refractivity contribution in [3.63, 3.8) is 0 Å². The lowest BCUT2D eigenvalue weighted by Crippen LogP contribution is -2.55. The summed E-state index contributed by atoms with van der Waals surface area (Å²) in [6.45, 7) is 2.19. The van der Waals surface area contributed by atoms with Gasteiger partial charge in [-0.3, -0.25) is 9.59 Å². The van der Waals surface area contributed by atoms with E-state index in [1.54, 1.807) is 0 Å². The van der Waals surface area contributed by atoms with Gasteiger partial charge in [-0.2, -0.15) is 0 Å². The van der Waals surface area contributed by atoms with E-state index in [9.17, 15) is 19.8 Å². The summed E-state index contributed by atoms with van der Waals surface area (Å²) >= 11 is 0. The van der Waals surface area contributed by atoms with E-state index < -0.39 is 22.8 Å². The first kappa shape index (κ1) is 18.3. The second-order valence-corrected chi connectivity index (χ2v) is 7.77. The molecule has 0 radical (unpaired) electrons. The Bertz CT molecular complexity index is 415. The van der Waals surface area contributed by atoms with Crippen LogP contribution in [0.15, 0.2) is 0 Å². The van der Waals surface area contributed by atoms with Crippen LogP contribution in [0.2, 0.25) is 0 Å². The van der Waals surface area contributed by atoms with Gasteiger partial charge in [0.15, 0.2) is 0 Å². The lowest BCUT2D eigenvalue weighted by Gasteiger charge is -2.50. The third-order valence-electron chi connectivity index (χ3n) is 6.62. The molecule has 132 valence electrons. The molecule has 0 aliphatic heterocycles. The second-order valence-electron chi connectivity index (χ2n) is 7.77. The third kappa shape index (κ3) is 3.41. The zero-order valence-electron chi connectivity index (χ0n) is 14.5. The van der Waals surface area contributed by atoms with Crippen LogP contribution >= 0.6 is 0 Å². The largest absolute Gasteiger partial charge is 0.481 e. The van der Waals surface area contributed by atoms with Gasteiger partial charge in [0, 0.05) is 0 Å². The SMILES string of the molecule is CCCCCC1CCC(C(=O)O)(C2(C(=O)O)CCCCC2)CC1. The van der Waals surface area contributed by atoms with E-state index in [0.29, 0.717) is 31.6 Å². The van der Waals surface area contributed by atoms with Crippen LogP contribution in [0.1, 0.15) is 90.4 Å². The van der Waals surface area contributed by atoms with E-state index in [-0.39, 0.29) is 0 Å². The number of hydrogen-bond acceptors (Lipinski definition) is 2. The van der Waals surface area contributed by atoms with E-state index in [4.69, 9.17) is 0 Å². The molecule has 0 amide bonds. The fourth-order valence-electron chi connectivity index (χ4n) is 5.09. The predicted molar refractivity (Wildman–Crippen MR) is 89.3 cm³/mol. The Morgan fingerprint density at radius 1 is 0.870 bits per heavy atom. The number of carboxylic acid groups (broad SMARTS) is 2. The highest BCUT2D eigenvalue weighted by atomic mass is 16.4. The van der Waals surface area contributed by atoms with Gasteiger partial charge in [-0.05, 0) is 44.4 Å². The molecule has 2 fully saturated rings. The first-order valence-electron chi connectivity index (χ1n) is 9.45. The molecule has 0 aromatic carbocycles. The summed E-state index contributed by atoms with van der Waals surface area (Å²) < 4.78 is 0. The van der Waals surface area contributed by atoms with Crippen molar-refractivity contribution in [3.05, 3.63) is 0 Å². The Hall–Kier alpha value is -1.06. The number of aliphatic carboxylic acids is 2. The highest BCUT2D eigenvalue weighted by molar-refractivity contribution is 5.87. The first-order valence-corrected chi connectivity index (χ1v) is 9.45. The zero-order valence-corrected chi connectivity index (χ0v) is 14.5. The van der Waals surface area contributed by atoms with Gasteiger partial charge in [-0.25, -0.2) is 0 Å². The van der Waals surface area contributed by atoms with E-state index in [2.05, 4.69) is 6.92 Å². The molecule has 0 aromatic heterocycles. The topological polar surface area (TPSA) is 74.6 Å². The van der Waals surface area contributed by atoms with Gasteiger partial charge in [0.1, 0.15) is 0 Å². The number of carboxylic acids is 2. The van der Waals surface area contributed by atoms with Crippen molar-refractivity contribution < 1.29 is 19.8 Å². The van der Waals surface area contributed by atoms with Crippen LogP contribution in [-0.4, -0.2) is 22.2 Å². The Morgan fingerprint density at radius 3 is 1.87 bits per heavy atom. The van der Waals surface area contributed by atoms with Crippen LogP contribution in [0.4, 0.5) is 0 Å². The molecule has 2 aliphatic rings. The Labute approximate surface area is 139 Å². The summed E-state index contributed by atoms with van der Waals surface area (Å²) in [4.78, 5) is 24.3. The van der Waals surface area contributed by atoms with Gasteiger partial charge in [0.2, 0.25) is 0 Å². The van der Waals surface area contributed by atoms with Crippen molar-refractivity contribution in [2.24, 2.45) is 16.7 Å². The van der Waals surface area contributed by atoms with Crippen molar-refractivity contribution >= 4 is 11.9 Å². The summed E-state index contributed by atoms with van der Waals surface area (Å²) in [6, 6.07) is 0. The lowest BCUT2D eigenvalue weighted by atomic mass is 9.51.